The summed E-state index contributed by atoms with van der Waals surface area (Å²) in [4.78, 5) is 0. The number of aromatic nitrogens is 2. The molecule has 1 aromatic carbocycles. The molecule has 0 bridgehead atoms. The van der Waals surface area contributed by atoms with E-state index in [0.717, 1.165) is 18.7 Å². The van der Waals surface area contributed by atoms with Crippen LogP contribution in [-0.2, 0) is 13.0 Å². The standard InChI is InChI=1S/C12H15N3O/c1-16-11-4-2-3-10(9-11)6-8-15-12(13)5-7-14-15/h2-5,7,9H,6,8,13H2,1H3. The number of hydrogen-bond donors (Lipinski definition) is 1. The Morgan fingerprint density at radius 2 is 2.25 bits per heavy atom. The third kappa shape index (κ3) is 2.34. The summed E-state index contributed by atoms with van der Waals surface area (Å²) >= 11 is 0. The fourth-order valence-corrected chi connectivity index (χ4v) is 1.59. The highest BCUT2D eigenvalue weighted by molar-refractivity contribution is 5.29. The maximum absolute atomic E-state index is 5.74. The van der Waals surface area contributed by atoms with Gasteiger partial charge in [-0.1, -0.05) is 12.1 Å². The Kier molecular flexibility index (Phi) is 3.10. The van der Waals surface area contributed by atoms with Crippen molar-refractivity contribution in [3.63, 3.8) is 0 Å². The van der Waals surface area contributed by atoms with E-state index in [1.54, 1.807) is 24.1 Å². The van der Waals surface area contributed by atoms with Gasteiger partial charge in [0.25, 0.3) is 0 Å². The van der Waals surface area contributed by atoms with Gasteiger partial charge in [0, 0.05) is 6.54 Å². The zero-order valence-electron chi connectivity index (χ0n) is 9.26. The van der Waals surface area contributed by atoms with Crippen LogP contribution in [0.3, 0.4) is 0 Å². The van der Waals surface area contributed by atoms with Crippen LogP contribution in [0.5, 0.6) is 5.75 Å². The van der Waals surface area contributed by atoms with E-state index in [1.807, 2.05) is 18.2 Å². The van der Waals surface area contributed by atoms with Crippen molar-refractivity contribution in [2.24, 2.45) is 0 Å². The predicted molar refractivity (Wildman–Crippen MR) is 63.3 cm³/mol. The van der Waals surface area contributed by atoms with Crippen LogP contribution >= 0.6 is 0 Å². The Morgan fingerprint density at radius 3 is 2.94 bits per heavy atom. The molecule has 0 aliphatic rings. The van der Waals surface area contributed by atoms with Crippen LogP contribution in [0.25, 0.3) is 0 Å². The molecule has 2 aromatic rings. The summed E-state index contributed by atoms with van der Waals surface area (Å²) in [5.41, 5.74) is 6.95. The fourth-order valence-electron chi connectivity index (χ4n) is 1.59. The van der Waals surface area contributed by atoms with Crippen LogP contribution in [0.2, 0.25) is 0 Å². The molecular formula is C12H15N3O. The normalized spacial score (nSPS) is 10.3. The van der Waals surface area contributed by atoms with Crippen molar-refractivity contribution in [3.05, 3.63) is 42.1 Å². The van der Waals surface area contributed by atoms with E-state index in [9.17, 15) is 0 Å². The first-order valence-electron chi connectivity index (χ1n) is 5.20. The highest BCUT2D eigenvalue weighted by atomic mass is 16.5. The molecule has 2 rings (SSSR count). The predicted octanol–water partition coefficient (Wildman–Crippen LogP) is 1.72. The lowest BCUT2D eigenvalue weighted by atomic mass is 10.1. The molecule has 0 radical (unpaired) electrons. The van der Waals surface area contributed by atoms with E-state index in [4.69, 9.17) is 10.5 Å². The van der Waals surface area contributed by atoms with Crippen LogP contribution in [0.1, 0.15) is 5.56 Å². The van der Waals surface area contributed by atoms with E-state index in [-0.39, 0.29) is 0 Å². The van der Waals surface area contributed by atoms with Gasteiger partial charge in [0.05, 0.1) is 13.3 Å². The molecule has 0 saturated carbocycles. The Morgan fingerprint density at radius 1 is 1.38 bits per heavy atom. The summed E-state index contributed by atoms with van der Waals surface area (Å²) in [5.74, 6) is 1.58. The summed E-state index contributed by atoms with van der Waals surface area (Å²) in [5, 5.41) is 4.13. The first kappa shape index (κ1) is 10.5. The van der Waals surface area contributed by atoms with Crippen LogP contribution in [0.4, 0.5) is 5.82 Å². The highest BCUT2D eigenvalue weighted by Crippen LogP contribution is 2.13. The van der Waals surface area contributed by atoms with Crippen LogP contribution < -0.4 is 10.5 Å². The third-order valence-corrected chi connectivity index (χ3v) is 2.50. The summed E-state index contributed by atoms with van der Waals surface area (Å²) in [6.07, 6.45) is 2.60. The number of rotatable bonds is 4. The van der Waals surface area contributed by atoms with Crippen molar-refractivity contribution >= 4 is 5.82 Å². The van der Waals surface area contributed by atoms with E-state index in [0.29, 0.717) is 5.82 Å². The molecule has 84 valence electrons. The van der Waals surface area contributed by atoms with Crippen molar-refractivity contribution < 1.29 is 4.74 Å². The monoisotopic (exact) mass is 217 g/mol. The Balaban J connectivity index is 2.02. The lowest BCUT2D eigenvalue weighted by Crippen LogP contribution is -2.06. The molecule has 0 atom stereocenters. The fraction of sp³-hybridized carbons (Fsp3) is 0.250. The number of ether oxygens (including phenoxy) is 1. The van der Waals surface area contributed by atoms with Crippen molar-refractivity contribution in [1.82, 2.24) is 9.78 Å². The number of anilines is 1. The van der Waals surface area contributed by atoms with Gasteiger partial charge < -0.3 is 10.5 Å². The summed E-state index contributed by atoms with van der Waals surface area (Å²) in [6.45, 7) is 0.784. The number of benzene rings is 1. The Bertz CT molecular complexity index is 465. The van der Waals surface area contributed by atoms with Gasteiger partial charge >= 0.3 is 0 Å². The molecule has 16 heavy (non-hydrogen) atoms. The summed E-state index contributed by atoms with van der Waals surface area (Å²) < 4.78 is 6.96. The molecule has 0 saturated heterocycles. The third-order valence-electron chi connectivity index (χ3n) is 2.50. The van der Waals surface area contributed by atoms with Gasteiger partial charge in [-0.15, -0.1) is 0 Å². The average molecular weight is 217 g/mol. The molecule has 0 unspecified atom stereocenters. The molecule has 4 heteroatoms. The van der Waals surface area contributed by atoms with Crippen LogP contribution in [0.15, 0.2) is 36.5 Å². The van der Waals surface area contributed by atoms with E-state index >= 15 is 0 Å². The SMILES string of the molecule is COc1cccc(CCn2nccc2N)c1. The summed E-state index contributed by atoms with van der Waals surface area (Å²) in [7, 11) is 1.67. The first-order valence-corrected chi connectivity index (χ1v) is 5.20. The zero-order chi connectivity index (χ0) is 11.4. The number of aryl methyl sites for hydroxylation is 2. The maximum Gasteiger partial charge on any atom is 0.121 e. The molecule has 4 nitrogen and oxygen atoms in total. The lowest BCUT2D eigenvalue weighted by molar-refractivity contribution is 0.414. The molecule has 0 spiro atoms. The second-order valence-electron chi connectivity index (χ2n) is 3.58. The maximum atomic E-state index is 5.74. The smallest absolute Gasteiger partial charge is 0.121 e. The van der Waals surface area contributed by atoms with E-state index in [1.165, 1.54) is 5.56 Å². The van der Waals surface area contributed by atoms with Gasteiger partial charge in [-0.25, -0.2) is 4.68 Å². The van der Waals surface area contributed by atoms with Gasteiger partial charge in [-0.2, -0.15) is 5.10 Å². The van der Waals surface area contributed by atoms with Gasteiger partial charge in [-0.3, -0.25) is 0 Å². The molecule has 0 aliphatic heterocycles. The number of nitrogens with two attached hydrogens (primary N) is 1. The highest BCUT2D eigenvalue weighted by Gasteiger charge is 1.99. The molecule has 1 heterocycles. The molecule has 0 amide bonds. The molecule has 1 aromatic heterocycles. The minimum atomic E-state index is 0.697. The van der Waals surface area contributed by atoms with Gasteiger partial charge in [0.1, 0.15) is 11.6 Å². The quantitative estimate of drug-likeness (QED) is 0.848. The Hall–Kier alpha value is -1.97. The molecule has 0 aliphatic carbocycles. The zero-order valence-corrected chi connectivity index (χ0v) is 9.26. The minimum Gasteiger partial charge on any atom is -0.497 e. The van der Waals surface area contributed by atoms with Crippen molar-refractivity contribution in [2.75, 3.05) is 12.8 Å². The van der Waals surface area contributed by atoms with Crippen molar-refractivity contribution in [1.29, 1.82) is 0 Å². The average Bonchev–Trinajstić information content (AvgIpc) is 2.72. The number of nitrogen functional groups attached to an aromatic ring is 1. The summed E-state index contributed by atoms with van der Waals surface area (Å²) in [6, 6.07) is 9.82. The van der Waals surface area contributed by atoms with Crippen molar-refractivity contribution in [3.8, 4) is 5.75 Å². The second kappa shape index (κ2) is 4.70. The van der Waals surface area contributed by atoms with Crippen LogP contribution in [0, 0.1) is 0 Å². The first-order chi connectivity index (χ1) is 7.79. The van der Waals surface area contributed by atoms with Gasteiger partial charge in [-0.05, 0) is 30.2 Å². The van der Waals surface area contributed by atoms with Crippen molar-refractivity contribution in [2.45, 2.75) is 13.0 Å². The lowest BCUT2D eigenvalue weighted by Gasteiger charge is -2.06. The Labute approximate surface area is 94.6 Å². The topological polar surface area (TPSA) is 53.1 Å². The van der Waals surface area contributed by atoms with Crippen LogP contribution in [-0.4, -0.2) is 16.9 Å². The molecular weight excluding hydrogens is 202 g/mol. The van der Waals surface area contributed by atoms with E-state index < -0.39 is 0 Å². The van der Waals surface area contributed by atoms with Gasteiger partial charge in [0.15, 0.2) is 0 Å². The number of hydrogen-bond acceptors (Lipinski definition) is 3. The molecule has 0 fully saturated rings. The number of methoxy groups -OCH3 is 1. The second-order valence-corrected chi connectivity index (χ2v) is 3.58. The van der Waals surface area contributed by atoms with Gasteiger partial charge in [0.2, 0.25) is 0 Å². The van der Waals surface area contributed by atoms with E-state index in [2.05, 4.69) is 11.2 Å². The minimum absolute atomic E-state index is 0.697. The number of nitrogens with zero attached hydrogens (tertiary/aromatic N) is 2. The largest absolute Gasteiger partial charge is 0.497 e. The molecule has 2 N–H and O–H groups in total.